The van der Waals surface area contributed by atoms with E-state index in [1.165, 1.54) is 25.3 Å². The summed E-state index contributed by atoms with van der Waals surface area (Å²) in [5.74, 6) is -1.93. The summed E-state index contributed by atoms with van der Waals surface area (Å²) in [5.41, 5.74) is 0.373. The van der Waals surface area contributed by atoms with Crippen molar-refractivity contribution in [3.8, 4) is 5.75 Å². The first kappa shape index (κ1) is 15.9. The van der Waals surface area contributed by atoms with Crippen molar-refractivity contribution in [2.45, 2.75) is 26.3 Å². The van der Waals surface area contributed by atoms with Crippen LogP contribution >= 0.6 is 0 Å². The fourth-order valence-electron chi connectivity index (χ4n) is 1.80. The minimum absolute atomic E-state index is 0.141. The first-order chi connectivity index (χ1) is 9.35. The molecule has 20 heavy (non-hydrogen) atoms. The predicted octanol–water partition coefficient (Wildman–Crippen LogP) is 1.60. The van der Waals surface area contributed by atoms with Gasteiger partial charge in [-0.1, -0.05) is 13.8 Å². The van der Waals surface area contributed by atoms with Crippen molar-refractivity contribution in [1.29, 1.82) is 0 Å². The fourth-order valence-corrected chi connectivity index (χ4v) is 1.80. The van der Waals surface area contributed by atoms with Gasteiger partial charge in [0.15, 0.2) is 0 Å². The van der Waals surface area contributed by atoms with E-state index in [4.69, 9.17) is 9.84 Å². The SMILES string of the molecule is COc1ccc(F)cc1CC(=O)NC(C(=O)O)C(C)C. The summed E-state index contributed by atoms with van der Waals surface area (Å²) in [7, 11) is 1.42. The molecule has 0 aliphatic heterocycles. The van der Waals surface area contributed by atoms with Gasteiger partial charge in [0.2, 0.25) is 5.91 Å². The van der Waals surface area contributed by atoms with Gasteiger partial charge in [0.05, 0.1) is 13.5 Å². The van der Waals surface area contributed by atoms with Crippen LogP contribution in [0.3, 0.4) is 0 Å². The lowest BCUT2D eigenvalue weighted by atomic mass is 10.0. The summed E-state index contributed by atoms with van der Waals surface area (Å²) in [6, 6.07) is 2.88. The minimum Gasteiger partial charge on any atom is -0.496 e. The molecule has 5 nitrogen and oxygen atoms in total. The summed E-state index contributed by atoms with van der Waals surface area (Å²) >= 11 is 0. The zero-order valence-electron chi connectivity index (χ0n) is 11.6. The Morgan fingerprint density at radius 1 is 1.40 bits per heavy atom. The molecule has 1 amide bonds. The number of methoxy groups -OCH3 is 1. The van der Waals surface area contributed by atoms with Crippen LogP contribution in [0.4, 0.5) is 4.39 Å². The lowest BCUT2D eigenvalue weighted by molar-refractivity contribution is -0.143. The molecule has 0 radical (unpaired) electrons. The van der Waals surface area contributed by atoms with Crippen molar-refractivity contribution in [3.05, 3.63) is 29.6 Å². The van der Waals surface area contributed by atoms with Crippen LogP contribution in [-0.4, -0.2) is 30.1 Å². The summed E-state index contributed by atoms with van der Waals surface area (Å²) < 4.78 is 18.2. The first-order valence-corrected chi connectivity index (χ1v) is 6.19. The maximum atomic E-state index is 13.2. The van der Waals surface area contributed by atoms with E-state index in [0.29, 0.717) is 11.3 Å². The Labute approximate surface area is 116 Å². The van der Waals surface area contributed by atoms with Crippen LogP contribution in [0.25, 0.3) is 0 Å². The standard InChI is InChI=1S/C14H18FNO4/c1-8(2)13(14(18)19)16-12(17)7-9-6-10(15)4-5-11(9)20-3/h4-6,8,13H,7H2,1-3H3,(H,16,17)(H,18,19). The van der Waals surface area contributed by atoms with Crippen LogP contribution < -0.4 is 10.1 Å². The maximum Gasteiger partial charge on any atom is 0.326 e. The number of carboxylic acids is 1. The number of nitrogens with one attached hydrogen (secondary N) is 1. The van der Waals surface area contributed by atoms with E-state index in [0.717, 1.165) is 0 Å². The normalized spacial score (nSPS) is 12.1. The highest BCUT2D eigenvalue weighted by atomic mass is 19.1. The van der Waals surface area contributed by atoms with E-state index in [2.05, 4.69) is 5.32 Å². The van der Waals surface area contributed by atoms with E-state index in [9.17, 15) is 14.0 Å². The highest BCUT2D eigenvalue weighted by Crippen LogP contribution is 2.19. The smallest absolute Gasteiger partial charge is 0.326 e. The molecule has 0 saturated carbocycles. The summed E-state index contributed by atoms with van der Waals surface area (Å²) in [4.78, 5) is 22.9. The average molecular weight is 283 g/mol. The number of carbonyl (C=O) groups is 2. The molecule has 6 heteroatoms. The van der Waals surface area contributed by atoms with Crippen LogP contribution in [0, 0.1) is 11.7 Å². The Bertz CT molecular complexity index is 502. The van der Waals surface area contributed by atoms with Crippen LogP contribution in [-0.2, 0) is 16.0 Å². The van der Waals surface area contributed by atoms with Crippen LogP contribution in [0.5, 0.6) is 5.75 Å². The number of aliphatic carboxylic acids is 1. The summed E-state index contributed by atoms with van der Waals surface area (Å²) in [6.07, 6.45) is -0.141. The van der Waals surface area contributed by atoms with Gasteiger partial charge >= 0.3 is 5.97 Å². The summed E-state index contributed by atoms with van der Waals surface area (Å²) in [5, 5.41) is 11.4. The van der Waals surface area contributed by atoms with Crippen LogP contribution in [0.15, 0.2) is 18.2 Å². The van der Waals surface area contributed by atoms with Gasteiger partial charge in [-0.3, -0.25) is 4.79 Å². The number of hydrogen-bond donors (Lipinski definition) is 2. The van der Waals surface area contributed by atoms with E-state index in [-0.39, 0.29) is 12.3 Å². The molecule has 110 valence electrons. The van der Waals surface area contributed by atoms with Crippen LogP contribution in [0.1, 0.15) is 19.4 Å². The van der Waals surface area contributed by atoms with E-state index in [1.54, 1.807) is 13.8 Å². The van der Waals surface area contributed by atoms with Gasteiger partial charge in [-0.25, -0.2) is 9.18 Å². The lowest BCUT2D eigenvalue weighted by Crippen LogP contribution is -2.44. The number of amides is 1. The number of carboxylic acid groups (broad SMARTS) is 1. The summed E-state index contributed by atoms with van der Waals surface area (Å²) in [6.45, 7) is 3.39. The van der Waals surface area contributed by atoms with Crippen molar-refractivity contribution in [1.82, 2.24) is 5.32 Å². The quantitative estimate of drug-likeness (QED) is 0.831. The molecule has 1 aromatic rings. The number of rotatable bonds is 6. The highest BCUT2D eigenvalue weighted by molar-refractivity contribution is 5.85. The van der Waals surface area contributed by atoms with E-state index in [1.807, 2.05) is 0 Å². The molecule has 1 rings (SSSR count). The molecular formula is C14H18FNO4. The van der Waals surface area contributed by atoms with E-state index < -0.39 is 23.7 Å². The van der Waals surface area contributed by atoms with Crippen LogP contribution in [0.2, 0.25) is 0 Å². The number of hydrogen-bond acceptors (Lipinski definition) is 3. The molecule has 1 atom stereocenters. The molecule has 1 aromatic carbocycles. The van der Waals surface area contributed by atoms with Gasteiger partial charge in [-0.2, -0.15) is 0 Å². The molecule has 1 unspecified atom stereocenters. The lowest BCUT2D eigenvalue weighted by Gasteiger charge is -2.18. The highest BCUT2D eigenvalue weighted by Gasteiger charge is 2.23. The van der Waals surface area contributed by atoms with Crippen molar-refractivity contribution in [2.24, 2.45) is 5.92 Å². The molecule has 2 N–H and O–H groups in total. The zero-order valence-corrected chi connectivity index (χ0v) is 11.6. The molecule has 0 bridgehead atoms. The Balaban J connectivity index is 2.80. The van der Waals surface area contributed by atoms with Gasteiger partial charge in [0.25, 0.3) is 0 Å². The molecule has 0 saturated heterocycles. The second-order valence-electron chi connectivity index (χ2n) is 4.76. The fraction of sp³-hybridized carbons (Fsp3) is 0.429. The molecule has 0 heterocycles. The molecule has 0 fully saturated rings. The van der Waals surface area contributed by atoms with Gasteiger partial charge in [-0.15, -0.1) is 0 Å². The number of halogens is 1. The monoisotopic (exact) mass is 283 g/mol. The molecule has 0 aromatic heterocycles. The Kier molecular flexibility index (Phi) is 5.49. The first-order valence-electron chi connectivity index (χ1n) is 6.19. The van der Waals surface area contributed by atoms with Gasteiger partial charge in [0, 0.05) is 5.56 Å². The average Bonchev–Trinajstić information content (AvgIpc) is 2.35. The number of carbonyl (C=O) groups excluding carboxylic acids is 1. The molecular weight excluding hydrogens is 265 g/mol. The largest absolute Gasteiger partial charge is 0.496 e. The van der Waals surface area contributed by atoms with Crippen molar-refractivity contribution >= 4 is 11.9 Å². The Hall–Kier alpha value is -2.11. The third kappa shape index (κ3) is 4.22. The molecule has 0 aliphatic carbocycles. The molecule has 0 spiro atoms. The molecule has 0 aliphatic rings. The maximum absolute atomic E-state index is 13.2. The number of benzene rings is 1. The topological polar surface area (TPSA) is 75.6 Å². The van der Waals surface area contributed by atoms with E-state index >= 15 is 0 Å². The Morgan fingerprint density at radius 3 is 2.55 bits per heavy atom. The van der Waals surface area contributed by atoms with Crippen molar-refractivity contribution in [2.75, 3.05) is 7.11 Å². The minimum atomic E-state index is -1.10. The van der Waals surface area contributed by atoms with Gasteiger partial charge in [-0.05, 0) is 24.1 Å². The number of ether oxygens (including phenoxy) is 1. The second kappa shape index (κ2) is 6.88. The third-order valence-electron chi connectivity index (χ3n) is 2.84. The zero-order chi connectivity index (χ0) is 15.3. The Morgan fingerprint density at radius 2 is 2.05 bits per heavy atom. The predicted molar refractivity (Wildman–Crippen MR) is 71.1 cm³/mol. The second-order valence-corrected chi connectivity index (χ2v) is 4.76. The van der Waals surface area contributed by atoms with Crippen molar-refractivity contribution < 1.29 is 23.8 Å². The van der Waals surface area contributed by atoms with Gasteiger partial charge < -0.3 is 15.2 Å². The third-order valence-corrected chi connectivity index (χ3v) is 2.84. The van der Waals surface area contributed by atoms with Crippen molar-refractivity contribution in [3.63, 3.8) is 0 Å². The van der Waals surface area contributed by atoms with Gasteiger partial charge in [0.1, 0.15) is 17.6 Å².